The molecule has 2 aromatic carbocycles. The lowest BCUT2D eigenvalue weighted by Gasteiger charge is -2.15. The molecule has 0 bridgehead atoms. The summed E-state index contributed by atoms with van der Waals surface area (Å²) < 4.78 is 5.36. The Morgan fingerprint density at radius 2 is 1.53 bits per heavy atom. The summed E-state index contributed by atoms with van der Waals surface area (Å²) in [5.74, 6) is -1.87. The number of nitrogens with one attached hydrogen (secondary N) is 3. The fourth-order valence-electron chi connectivity index (χ4n) is 3.78. The van der Waals surface area contributed by atoms with Gasteiger partial charge in [0.15, 0.2) is 0 Å². The van der Waals surface area contributed by atoms with Crippen molar-refractivity contribution in [3.63, 3.8) is 0 Å². The third kappa shape index (κ3) is 6.50. The molecule has 2 aromatic rings. The zero-order valence-corrected chi connectivity index (χ0v) is 19.5. The molecular formula is C24H27N3O6S. The summed E-state index contributed by atoms with van der Waals surface area (Å²) in [7, 11) is 0. The van der Waals surface area contributed by atoms with E-state index in [0.29, 0.717) is 5.75 Å². The third-order valence-electron chi connectivity index (χ3n) is 5.43. The van der Waals surface area contributed by atoms with Crippen molar-refractivity contribution in [2.45, 2.75) is 18.4 Å². The Labute approximate surface area is 201 Å². The van der Waals surface area contributed by atoms with Gasteiger partial charge in [-0.05, 0) is 40.7 Å². The lowest BCUT2D eigenvalue weighted by molar-refractivity contribution is -0.141. The number of benzene rings is 2. The molecule has 180 valence electrons. The predicted molar refractivity (Wildman–Crippen MR) is 129 cm³/mol. The van der Waals surface area contributed by atoms with Crippen molar-refractivity contribution in [1.82, 2.24) is 16.0 Å². The van der Waals surface area contributed by atoms with E-state index in [2.05, 4.69) is 16.0 Å². The number of alkyl carbamates (subject to hydrolysis) is 1. The van der Waals surface area contributed by atoms with Gasteiger partial charge in [0.25, 0.3) is 0 Å². The lowest BCUT2D eigenvalue weighted by atomic mass is 9.98. The number of rotatable bonds is 11. The molecule has 0 unspecified atom stereocenters. The number of aliphatic carboxylic acids is 1. The van der Waals surface area contributed by atoms with E-state index in [-0.39, 0.29) is 25.5 Å². The topological polar surface area (TPSA) is 134 Å². The van der Waals surface area contributed by atoms with Crippen molar-refractivity contribution in [3.05, 3.63) is 59.7 Å². The molecular weight excluding hydrogens is 458 g/mol. The van der Waals surface area contributed by atoms with Crippen molar-refractivity contribution >= 4 is 35.6 Å². The fourth-order valence-corrected chi connectivity index (χ4v) is 4.25. The maximum absolute atomic E-state index is 12.1. The van der Waals surface area contributed by atoms with Crippen LogP contribution in [0.3, 0.4) is 0 Å². The number of carbonyl (C=O) groups is 4. The minimum absolute atomic E-state index is 0.0936. The molecule has 0 aliphatic heterocycles. The molecule has 1 aliphatic carbocycles. The van der Waals surface area contributed by atoms with E-state index in [1.165, 1.54) is 11.8 Å². The van der Waals surface area contributed by atoms with Gasteiger partial charge in [-0.1, -0.05) is 48.5 Å². The number of carbonyl (C=O) groups excluding carboxylic acids is 3. The first kappa shape index (κ1) is 25.1. The molecule has 1 aliphatic rings. The van der Waals surface area contributed by atoms with Crippen LogP contribution in [0.1, 0.15) is 23.5 Å². The number of thioether (sulfide) groups is 1. The monoisotopic (exact) mass is 485 g/mol. The van der Waals surface area contributed by atoms with Crippen LogP contribution in [0.4, 0.5) is 4.79 Å². The standard InChI is InChI=1S/C24H27N3O6S/c1-34-11-10-20(23(30)31)27-22(29)13-25-21(28)12-26-24(32)33-14-19-17-8-4-2-6-15(17)16-7-3-5-9-18(16)19/h2-9,19-20H,10-14H2,1H3,(H,25,28)(H,26,32)(H,27,29)(H,30,31)/t20-/m0/s1. The highest BCUT2D eigenvalue weighted by molar-refractivity contribution is 7.98. The number of hydrogen-bond donors (Lipinski definition) is 4. The third-order valence-corrected chi connectivity index (χ3v) is 6.07. The van der Waals surface area contributed by atoms with Crippen LogP contribution in [-0.4, -0.2) is 66.7 Å². The summed E-state index contributed by atoms with van der Waals surface area (Å²) in [6.07, 6.45) is 1.37. The molecule has 9 nitrogen and oxygen atoms in total. The summed E-state index contributed by atoms with van der Waals surface area (Å²) in [4.78, 5) is 47.2. The number of fused-ring (bicyclic) bond motifs is 3. The number of carboxylic acid groups (broad SMARTS) is 1. The molecule has 0 aromatic heterocycles. The quantitative estimate of drug-likeness (QED) is 0.382. The average molecular weight is 486 g/mol. The van der Waals surface area contributed by atoms with E-state index in [9.17, 15) is 19.2 Å². The van der Waals surface area contributed by atoms with Crippen molar-refractivity contribution < 1.29 is 29.0 Å². The number of ether oxygens (including phenoxy) is 1. The second-order valence-corrected chi connectivity index (χ2v) is 8.68. The predicted octanol–water partition coefficient (Wildman–Crippen LogP) is 1.96. The maximum atomic E-state index is 12.1. The first-order chi connectivity index (χ1) is 16.4. The SMILES string of the molecule is CSCC[C@H](NC(=O)CNC(=O)CNC(=O)OCC1c2ccccc2-c2ccccc21)C(=O)O. The molecule has 0 saturated heterocycles. The van der Waals surface area contributed by atoms with E-state index in [1.54, 1.807) is 0 Å². The van der Waals surface area contributed by atoms with Gasteiger partial charge in [-0.2, -0.15) is 11.8 Å². The smallest absolute Gasteiger partial charge is 0.407 e. The fraction of sp³-hybridized carbons (Fsp3) is 0.333. The number of carboxylic acids is 1. The van der Waals surface area contributed by atoms with Gasteiger partial charge in [0.05, 0.1) is 6.54 Å². The van der Waals surface area contributed by atoms with Gasteiger partial charge in [-0.25, -0.2) is 9.59 Å². The highest BCUT2D eigenvalue weighted by Gasteiger charge is 2.29. The van der Waals surface area contributed by atoms with Gasteiger partial charge >= 0.3 is 12.1 Å². The average Bonchev–Trinajstić information content (AvgIpc) is 3.16. The molecule has 10 heteroatoms. The molecule has 0 heterocycles. The van der Waals surface area contributed by atoms with Crippen molar-refractivity contribution in [2.24, 2.45) is 0 Å². The van der Waals surface area contributed by atoms with Crippen LogP contribution < -0.4 is 16.0 Å². The molecule has 0 radical (unpaired) electrons. The van der Waals surface area contributed by atoms with Crippen LogP contribution in [0.5, 0.6) is 0 Å². The first-order valence-electron chi connectivity index (χ1n) is 10.8. The highest BCUT2D eigenvalue weighted by Crippen LogP contribution is 2.44. The van der Waals surface area contributed by atoms with E-state index in [4.69, 9.17) is 9.84 Å². The Morgan fingerprint density at radius 3 is 2.12 bits per heavy atom. The summed E-state index contributed by atoms with van der Waals surface area (Å²) in [5.41, 5.74) is 4.39. The largest absolute Gasteiger partial charge is 0.480 e. The molecule has 3 amide bonds. The molecule has 34 heavy (non-hydrogen) atoms. The highest BCUT2D eigenvalue weighted by atomic mass is 32.2. The number of amides is 3. The van der Waals surface area contributed by atoms with Crippen molar-refractivity contribution in [2.75, 3.05) is 31.7 Å². The minimum Gasteiger partial charge on any atom is -0.480 e. The Hall–Kier alpha value is -3.53. The second-order valence-electron chi connectivity index (χ2n) is 7.70. The van der Waals surface area contributed by atoms with Gasteiger partial charge in [0.2, 0.25) is 11.8 Å². The molecule has 0 spiro atoms. The van der Waals surface area contributed by atoms with Crippen LogP contribution in [0.2, 0.25) is 0 Å². The molecule has 4 N–H and O–H groups in total. The summed E-state index contributed by atoms with van der Waals surface area (Å²) in [6.45, 7) is -0.649. The Balaban J connectivity index is 1.41. The van der Waals surface area contributed by atoms with Gasteiger partial charge in [-0.15, -0.1) is 0 Å². The second kappa shape index (κ2) is 12.1. The van der Waals surface area contributed by atoms with Crippen LogP contribution in [0.25, 0.3) is 11.1 Å². The van der Waals surface area contributed by atoms with Gasteiger partial charge in [0.1, 0.15) is 19.2 Å². The van der Waals surface area contributed by atoms with E-state index < -0.39 is 36.5 Å². The van der Waals surface area contributed by atoms with Gasteiger partial charge in [0, 0.05) is 5.92 Å². The Kier molecular flexibility index (Phi) is 8.92. The van der Waals surface area contributed by atoms with Crippen LogP contribution >= 0.6 is 11.8 Å². The normalized spacial score (nSPS) is 12.7. The summed E-state index contributed by atoms with van der Waals surface area (Å²) in [5, 5.41) is 16.2. The number of hydrogen-bond acceptors (Lipinski definition) is 6. The van der Waals surface area contributed by atoms with Gasteiger partial charge in [-0.3, -0.25) is 9.59 Å². The van der Waals surface area contributed by atoms with E-state index in [0.717, 1.165) is 22.3 Å². The molecule has 1 atom stereocenters. The zero-order chi connectivity index (χ0) is 24.5. The molecule has 0 saturated carbocycles. The van der Waals surface area contributed by atoms with E-state index >= 15 is 0 Å². The summed E-state index contributed by atoms with van der Waals surface area (Å²) in [6, 6.07) is 14.9. The Bertz CT molecular complexity index is 1020. The van der Waals surface area contributed by atoms with Crippen LogP contribution in [-0.2, 0) is 19.1 Å². The maximum Gasteiger partial charge on any atom is 0.407 e. The molecule has 0 fully saturated rings. The van der Waals surface area contributed by atoms with Crippen molar-refractivity contribution in [1.29, 1.82) is 0 Å². The lowest BCUT2D eigenvalue weighted by Crippen LogP contribution is -2.47. The van der Waals surface area contributed by atoms with E-state index in [1.807, 2.05) is 54.8 Å². The molecule has 3 rings (SSSR count). The minimum atomic E-state index is -1.13. The zero-order valence-electron chi connectivity index (χ0n) is 18.7. The Morgan fingerprint density at radius 1 is 0.941 bits per heavy atom. The van der Waals surface area contributed by atoms with Crippen molar-refractivity contribution in [3.8, 4) is 11.1 Å². The van der Waals surface area contributed by atoms with Crippen LogP contribution in [0.15, 0.2) is 48.5 Å². The van der Waals surface area contributed by atoms with Gasteiger partial charge < -0.3 is 25.8 Å². The summed E-state index contributed by atoms with van der Waals surface area (Å²) >= 11 is 1.47. The first-order valence-corrected chi connectivity index (χ1v) is 12.2. The van der Waals surface area contributed by atoms with Crippen LogP contribution in [0, 0.1) is 0 Å².